The quantitative estimate of drug-likeness (QED) is 0.128. The van der Waals surface area contributed by atoms with Gasteiger partial charge in [-0.1, -0.05) is 340 Å². The minimum absolute atomic E-state index is 0.662. The molecule has 0 saturated heterocycles. The van der Waals surface area contributed by atoms with Gasteiger partial charge in [0.25, 0.3) is 0 Å². The van der Waals surface area contributed by atoms with Crippen LogP contribution >= 0.6 is 0 Å². The van der Waals surface area contributed by atoms with E-state index in [-0.39, 0.29) is 0 Å². The van der Waals surface area contributed by atoms with Crippen molar-refractivity contribution in [2.75, 3.05) is 0 Å². The van der Waals surface area contributed by atoms with E-state index in [0.29, 0.717) is 11.9 Å². The Balaban J connectivity index is 0.000000104. The number of para-hydroxylation sites is 10. The standard InChI is InChI=1S/C50H32N4.2C42H26N4/c1-3-13-33(14-4-1)49-41-19-7-10-20-44(41)51-50(52-49)34-23-27-38(28-24-34)54-46-22-12-9-18-40(46)43-32-36(26-30-48(43)54)35-25-29-47-42(31-35)39-17-8-11-21-45(39)53(47)37-15-5-2-6-16-37;1-3-13-27(14-4-1)40-33-20-9-11-21-35(33)43-42(44-40)46-37-24-23-32-31-19-10-12-22-36(31)45(30-17-5-2-6-18-30)41(32)39(37)34-25-28-15-7-8-16-29(28)26-38(34)46;1-3-13-27(14-4-1)41-31-19-9-11-21-34(31)43-42(44-41)46-37-24-23-36-39(40(37)33-25-28-15-7-8-16-29(28)26-38(33)46)32-20-10-12-22-35(32)45(36)30-17-5-2-6-18-30/h1-32H;2*1-26H. The van der Waals surface area contributed by atoms with E-state index in [4.69, 9.17) is 29.9 Å². The van der Waals surface area contributed by atoms with E-state index < -0.39 is 0 Å². The molecular weight excluding hydrogens is 1780 g/mol. The summed E-state index contributed by atoms with van der Waals surface area (Å²) in [5.74, 6) is 2.04. The van der Waals surface area contributed by atoms with E-state index in [1.54, 1.807) is 0 Å². The van der Waals surface area contributed by atoms with E-state index in [1.807, 2.05) is 30.3 Å². The van der Waals surface area contributed by atoms with Crippen LogP contribution in [0.4, 0.5) is 0 Å². The molecule has 0 aliphatic rings. The van der Waals surface area contributed by atoms with Crippen LogP contribution in [0.3, 0.4) is 0 Å². The highest BCUT2D eigenvalue weighted by atomic mass is 15.2. The summed E-state index contributed by atoms with van der Waals surface area (Å²) in [6.07, 6.45) is 0. The van der Waals surface area contributed by atoms with Crippen LogP contribution in [0.25, 0.3) is 276 Å². The second kappa shape index (κ2) is 34.0. The summed E-state index contributed by atoms with van der Waals surface area (Å²) in [7, 11) is 0. The van der Waals surface area contributed by atoms with Gasteiger partial charge in [0.05, 0.1) is 99.8 Å². The van der Waals surface area contributed by atoms with Gasteiger partial charge in [-0.3, -0.25) is 9.13 Å². The normalized spacial score (nSPS) is 11.8. The highest BCUT2D eigenvalue weighted by Crippen LogP contribution is 2.49. The van der Waals surface area contributed by atoms with Gasteiger partial charge in [-0.15, -0.1) is 0 Å². The molecule has 9 aromatic heterocycles. The SMILES string of the molecule is c1ccc(-c2nc(-c3ccc(-n4c5ccccc5c5cc(-c6ccc7c(c6)c6ccccc6n7-c6ccccc6)ccc54)cc3)nc3ccccc23)cc1.c1ccc(-c2nc(-n3c4cc5ccccc5cc4c4c3ccc3c5ccccc5n(-c5ccccc5)c34)nc3ccccc23)cc1.c1ccc(-c2nc(-n3c4cc5ccccc5cc4c4c5c6ccccc6n(-c6ccccc6)c5ccc43)nc3ccccc23)cc1. The molecule has 0 spiro atoms. The zero-order valence-corrected chi connectivity index (χ0v) is 78.9. The molecule has 22 aromatic carbocycles. The fraction of sp³-hybridized carbons (Fsp3) is 0. The topological polar surface area (TPSA) is 107 Å². The van der Waals surface area contributed by atoms with Crippen LogP contribution in [0.2, 0.25) is 0 Å². The van der Waals surface area contributed by atoms with E-state index in [0.717, 1.165) is 117 Å². The molecule has 0 N–H and O–H groups in total. The van der Waals surface area contributed by atoms with Crippen LogP contribution in [0.15, 0.2) is 510 Å². The van der Waals surface area contributed by atoms with Crippen molar-refractivity contribution in [3.8, 4) is 90.9 Å². The van der Waals surface area contributed by atoms with E-state index in [9.17, 15) is 0 Å². The smallest absolute Gasteiger partial charge is 0.235 e. The molecular formula is C134H84N12. The lowest BCUT2D eigenvalue weighted by molar-refractivity contribution is 1.01. The van der Waals surface area contributed by atoms with Gasteiger partial charge in [-0.25, -0.2) is 29.9 Å². The number of aromatic nitrogens is 12. The molecule has 12 nitrogen and oxygen atoms in total. The minimum atomic E-state index is 0.662. The molecule has 0 aliphatic carbocycles. The molecule has 12 heteroatoms. The van der Waals surface area contributed by atoms with Crippen LogP contribution in [-0.2, 0) is 0 Å². The fourth-order valence-corrected chi connectivity index (χ4v) is 22.8. The highest BCUT2D eigenvalue weighted by molar-refractivity contribution is 6.31. The molecule has 31 rings (SSSR count). The molecule has 0 aliphatic heterocycles. The largest absolute Gasteiger partial charge is 0.309 e. The van der Waals surface area contributed by atoms with Gasteiger partial charge in [-0.05, 0) is 203 Å². The Bertz CT molecular complexity index is 10700. The first-order valence-electron chi connectivity index (χ1n) is 49.5. The molecule has 31 aromatic rings. The lowest BCUT2D eigenvalue weighted by atomic mass is 10.0. The van der Waals surface area contributed by atoms with Gasteiger partial charge in [0.2, 0.25) is 11.9 Å². The Labute approximate surface area is 837 Å². The minimum Gasteiger partial charge on any atom is -0.309 e. The van der Waals surface area contributed by atoms with Crippen molar-refractivity contribution in [3.63, 3.8) is 0 Å². The summed E-state index contributed by atoms with van der Waals surface area (Å²) >= 11 is 0. The Hall–Kier alpha value is -19.8. The Kier molecular flexibility index (Phi) is 19.4. The fourth-order valence-electron chi connectivity index (χ4n) is 22.8. The number of benzene rings is 22. The van der Waals surface area contributed by atoms with Crippen molar-refractivity contribution in [1.29, 1.82) is 0 Å². The maximum atomic E-state index is 5.34. The van der Waals surface area contributed by atoms with Crippen molar-refractivity contribution < 1.29 is 0 Å². The summed E-state index contributed by atoms with van der Waals surface area (Å²) in [4.78, 5) is 31.2. The summed E-state index contributed by atoms with van der Waals surface area (Å²) in [5, 5.41) is 22.6. The van der Waals surface area contributed by atoms with E-state index in [1.165, 1.54) is 147 Å². The summed E-state index contributed by atoms with van der Waals surface area (Å²) in [6, 6.07) is 181. The monoisotopic (exact) mass is 1860 g/mol. The average molecular weight is 1860 g/mol. The van der Waals surface area contributed by atoms with Crippen LogP contribution in [0, 0.1) is 0 Å². The van der Waals surface area contributed by atoms with Crippen molar-refractivity contribution in [3.05, 3.63) is 510 Å². The molecule has 9 heterocycles. The van der Waals surface area contributed by atoms with Gasteiger partial charge in [0.1, 0.15) is 0 Å². The molecule has 146 heavy (non-hydrogen) atoms. The number of fused-ring (bicyclic) bond motifs is 25. The molecule has 0 fully saturated rings. The molecule has 0 amide bonds. The summed E-state index contributed by atoms with van der Waals surface area (Å²) < 4.78 is 14.1. The van der Waals surface area contributed by atoms with E-state index >= 15 is 0 Å². The maximum absolute atomic E-state index is 5.34. The Morgan fingerprint density at radius 2 is 0.432 bits per heavy atom. The van der Waals surface area contributed by atoms with Gasteiger partial charge in [-0.2, -0.15) is 0 Å². The number of nitrogens with zero attached hydrogens (tertiary/aromatic N) is 12. The third kappa shape index (κ3) is 13.5. The van der Waals surface area contributed by atoms with Crippen molar-refractivity contribution in [2.24, 2.45) is 0 Å². The third-order valence-corrected chi connectivity index (χ3v) is 29.3. The van der Waals surface area contributed by atoms with Crippen molar-refractivity contribution >= 4 is 185 Å². The molecule has 0 bridgehead atoms. The summed E-state index contributed by atoms with van der Waals surface area (Å²) in [5.41, 5.74) is 30.6. The van der Waals surface area contributed by atoms with Gasteiger partial charge in [0.15, 0.2) is 5.82 Å². The van der Waals surface area contributed by atoms with Crippen LogP contribution in [-0.4, -0.2) is 57.3 Å². The number of hydrogen-bond donors (Lipinski definition) is 0. The molecule has 0 unspecified atom stereocenters. The van der Waals surface area contributed by atoms with Crippen molar-refractivity contribution in [1.82, 2.24) is 57.3 Å². The van der Waals surface area contributed by atoms with Crippen molar-refractivity contribution in [2.45, 2.75) is 0 Å². The predicted molar refractivity (Wildman–Crippen MR) is 607 cm³/mol. The average Bonchev–Trinajstić information content (AvgIpc) is 1.54. The predicted octanol–water partition coefficient (Wildman–Crippen LogP) is 34.1. The Morgan fingerprint density at radius 3 is 0.890 bits per heavy atom. The zero-order valence-electron chi connectivity index (χ0n) is 78.9. The second-order valence-corrected chi connectivity index (χ2v) is 37.5. The van der Waals surface area contributed by atoms with Gasteiger partial charge < -0.3 is 18.3 Å². The first-order valence-corrected chi connectivity index (χ1v) is 49.5. The van der Waals surface area contributed by atoms with Crippen LogP contribution in [0.1, 0.15) is 0 Å². The molecule has 0 saturated carbocycles. The lowest BCUT2D eigenvalue weighted by Gasteiger charge is -2.12. The number of hydrogen-bond acceptors (Lipinski definition) is 6. The Morgan fingerprint density at radius 1 is 0.137 bits per heavy atom. The van der Waals surface area contributed by atoms with E-state index in [2.05, 4.69) is 507 Å². The zero-order chi connectivity index (χ0) is 96.0. The highest BCUT2D eigenvalue weighted by Gasteiger charge is 2.28. The second-order valence-electron chi connectivity index (χ2n) is 37.5. The lowest BCUT2D eigenvalue weighted by Crippen LogP contribution is -2.03. The first-order chi connectivity index (χ1) is 72.4. The molecule has 0 radical (unpaired) electrons. The number of rotatable bonds is 11. The molecule has 680 valence electrons. The first kappa shape index (κ1) is 83.2. The van der Waals surface area contributed by atoms with Crippen LogP contribution in [0.5, 0.6) is 0 Å². The van der Waals surface area contributed by atoms with Gasteiger partial charge >= 0.3 is 0 Å². The molecule has 0 atom stereocenters. The summed E-state index contributed by atoms with van der Waals surface area (Å²) in [6.45, 7) is 0. The van der Waals surface area contributed by atoms with Crippen LogP contribution < -0.4 is 0 Å². The maximum Gasteiger partial charge on any atom is 0.235 e. The third-order valence-electron chi connectivity index (χ3n) is 29.3. The van der Waals surface area contributed by atoms with Gasteiger partial charge in [0, 0.05) is 126 Å².